The molecule has 1 aliphatic heterocycles. The van der Waals surface area contributed by atoms with Crippen LogP contribution in [0.25, 0.3) is 0 Å². The fraction of sp³-hybridized carbons (Fsp3) is 0. The Balaban J connectivity index is 2.74. The van der Waals surface area contributed by atoms with Crippen LogP contribution in [-0.2, 0) is 20.8 Å². The first kappa shape index (κ1) is 5.94. The molecule has 0 saturated heterocycles. The fourth-order valence-corrected chi connectivity index (χ4v) is 1.27. The van der Waals surface area contributed by atoms with Gasteiger partial charge in [0.25, 0.3) is 0 Å². The summed E-state index contributed by atoms with van der Waals surface area (Å²) in [4.78, 5) is 0. The zero-order valence-electron chi connectivity index (χ0n) is 4.15. The first-order valence-electron chi connectivity index (χ1n) is 2.10. The predicted molar refractivity (Wildman–Crippen MR) is 39.0 cm³/mol. The number of hydrogen-bond donors (Lipinski definition) is 1. The topological polar surface area (TPSA) is 29.3 Å². The van der Waals surface area contributed by atoms with E-state index in [0.29, 0.717) is 0 Å². The van der Waals surface area contributed by atoms with E-state index in [2.05, 4.69) is 0 Å². The van der Waals surface area contributed by atoms with Gasteiger partial charge in [0.05, 0.1) is 0 Å². The number of hydrogen-bond acceptors (Lipinski definition) is 2. The smallest absolute Gasteiger partial charge is 0.0290 e. The molecule has 1 unspecified atom stereocenters. The SMILES string of the molecule is NN1C=CC=CS1=S. The van der Waals surface area contributed by atoms with E-state index in [1.807, 2.05) is 17.6 Å². The molecule has 1 aliphatic rings. The number of nitrogens with two attached hydrogens (primary N) is 1. The quantitative estimate of drug-likeness (QED) is 0.495. The summed E-state index contributed by atoms with van der Waals surface area (Å²) in [6.07, 6.45) is 5.52. The van der Waals surface area contributed by atoms with Crippen LogP contribution in [0.1, 0.15) is 0 Å². The highest BCUT2D eigenvalue weighted by Crippen LogP contribution is 1.97. The minimum absolute atomic E-state index is 0.308. The maximum atomic E-state index is 5.38. The summed E-state index contributed by atoms with van der Waals surface area (Å²) in [5, 5.41) is 1.88. The van der Waals surface area contributed by atoms with Gasteiger partial charge in [0.15, 0.2) is 0 Å². The van der Waals surface area contributed by atoms with Crippen molar-refractivity contribution in [2.75, 3.05) is 0 Å². The summed E-state index contributed by atoms with van der Waals surface area (Å²) in [5.41, 5.74) is 0. The first-order chi connectivity index (χ1) is 3.80. The molecule has 0 aromatic rings. The van der Waals surface area contributed by atoms with Gasteiger partial charge in [-0.25, -0.2) is 5.84 Å². The van der Waals surface area contributed by atoms with E-state index < -0.39 is 0 Å². The molecule has 4 heteroatoms. The molecule has 1 heterocycles. The molecule has 2 nitrogen and oxygen atoms in total. The van der Waals surface area contributed by atoms with E-state index in [1.165, 1.54) is 4.41 Å². The molecule has 1 rings (SSSR count). The van der Waals surface area contributed by atoms with Crippen molar-refractivity contribution >= 4 is 20.8 Å². The van der Waals surface area contributed by atoms with Crippen LogP contribution >= 0.6 is 0 Å². The van der Waals surface area contributed by atoms with Crippen LogP contribution in [0.5, 0.6) is 0 Å². The minimum Gasteiger partial charge on any atom is -0.254 e. The van der Waals surface area contributed by atoms with Crippen LogP contribution in [0, 0.1) is 0 Å². The van der Waals surface area contributed by atoms with Crippen molar-refractivity contribution in [3.05, 3.63) is 23.8 Å². The van der Waals surface area contributed by atoms with Gasteiger partial charge in [0.2, 0.25) is 0 Å². The maximum Gasteiger partial charge on any atom is 0.0290 e. The zero-order valence-corrected chi connectivity index (χ0v) is 5.78. The summed E-state index contributed by atoms with van der Waals surface area (Å²) in [6, 6.07) is 0. The minimum atomic E-state index is -0.308. The highest BCUT2D eigenvalue weighted by atomic mass is 32.8. The van der Waals surface area contributed by atoms with Gasteiger partial charge in [-0.05, 0) is 22.7 Å². The third-order valence-corrected chi connectivity index (χ3v) is 2.52. The standard InChI is InChI=1S/C4H6N2S2/c5-6-3-1-2-4-8(6)7/h1-4H,5H2. The van der Waals surface area contributed by atoms with Crippen LogP contribution in [0.3, 0.4) is 0 Å². The van der Waals surface area contributed by atoms with Crippen molar-refractivity contribution in [3.8, 4) is 0 Å². The second-order valence-electron chi connectivity index (χ2n) is 1.31. The monoisotopic (exact) mass is 146 g/mol. The second kappa shape index (κ2) is 2.39. The van der Waals surface area contributed by atoms with Gasteiger partial charge in [-0.1, -0.05) is 6.08 Å². The Morgan fingerprint density at radius 3 is 2.62 bits per heavy atom. The number of nitrogens with zero attached hydrogens (tertiary/aromatic N) is 1. The Kier molecular flexibility index (Phi) is 1.77. The predicted octanol–water partition coefficient (Wildman–Crippen LogP) is 0.198. The third kappa shape index (κ3) is 1.15. The molecule has 1 atom stereocenters. The van der Waals surface area contributed by atoms with E-state index >= 15 is 0 Å². The summed E-state index contributed by atoms with van der Waals surface area (Å²) in [6.45, 7) is 0. The Morgan fingerprint density at radius 1 is 1.50 bits per heavy atom. The van der Waals surface area contributed by atoms with Gasteiger partial charge in [-0.3, -0.25) is 4.41 Å². The van der Waals surface area contributed by atoms with Crippen molar-refractivity contribution in [1.82, 2.24) is 4.41 Å². The van der Waals surface area contributed by atoms with E-state index in [9.17, 15) is 0 Å². The van der Waals surface area contributed by atoms with Crippen molar-refractivity contribution < 1.29 is 0 Å². The molecule has 0 aliphatic carbocycles. The highest BCUT2D eigenvalue weighted by molar-refractivity contribution is 8.29. The molecule has 2 N–H and O–H groups in total. The van der Waals surface area contributed by atoms with Gasteiger partial charge in [0.1, 0.15) is 0 Å². The molecular weight excluding hydrogens is 140 g/mol. The van der Waals surface area contributed by atoms with E-state index in [0.717, 1.165) is 0 Å². The molecule has 0 spiro atoms. The Hall–Kier alpha value is -0.190. The van der Waals surface area contributed by atoms with Crippen LogP contribution in [0.2, 0.25) is 0 Å². The average Bonchev–Trinajstić information content (AvgIpc) is 1.77. The molecule has 8 heavy (non-hydrogen) atoms. The van der Waals surface area contributed by atoms with Crippen molar-refractivity contribution in [3.63, 3.8) is 0 Å². The highest BCUT2D eigenvalue weighted by Gasteiger charge is 1.94. The third-order valence-electron chi connectivity index (χ3n) is 0.747. The van der Waals surface area contributed by atoms with Crippen LogP contribution in [0.4, 0.5) is 0 Å². The van der Waals surface area contributed by atoms with E-state index in [-0.39, 0.29) is 9.64 Å². The Bertz CT molecular complexity index is 161. The maximum absolute atomic E-state index is 5.38. The van der Waals surface area contributed by atoms with Gasteiger partial charge in [-0.15, -0.1) is 0 Å². The lowest BCUT2D eigenvalue weighted by Gasteiger charge is -2.13. The van der Waals surface area contributed by atoms with E-state index in [4.69, 9.17) is 17.0 Å². The number of allylic oxidation sites excluding steroid dienone is 2. The molecule has 0 aromatic heterocycles. The summed E-state index contributed by atoms with van der Waals surface area (Å²) in [5.74, 6) is 5.38. The Morgan fingerprint density at radius 2 is 2.25 bits per heavy atom. The van der Waals surface area contributed by atoms with Crippen molar-refractivity contribution in [1.29, 1.82) is 0 Å². The van der Waals surface area contributed by atoms with Crippen LogP contribution in [0.15, 0.2) is 23.8 Å². The lowest BCUT2D eigenvalue weighted by molar-refractivity contribution is 0.670. The largest absolute Gasteiger partial charge is 0.254 e. The molecule has 0 radical (unpaired) electrons. The summed E-state index contributed by atoms with van der Waals surface area (Å²) in [7, 11) is -0.308. The Labute approximate surface area is 55.4 Å². The lowest BCUT2D eigenvalue weighted by Crippen LogP contribution is -2.26. The molecule has 0 saturated carbocycles. The van der Waals surface area contributed by atoms with Crippen molar-refractivity contribution in [2.24, 2.45) is 5.84 Å². The fourth-order valence-electron chi connectivity index (χ4n) is 0.377. The van der Waals surface area contributed by atoms with Gasteiger partial charge >= 0.3 is 0 Å². The van der Waals surface area contributed by atoms with Crippen molar-refractivity contribution in [2.45, 2.75) is 0 Å². The second-order valence-corrected chi connectivity index (χ2v) is 3.58. The molecule has 0 amide bonds. The van der Waals surface area contributed by atoms with Crippen LogP contribution < -0.4 is 5.84 Å². The number of rotatable bonds is 0. The molecule has 0 aromatic carbocycles. The first-order valence-corrected chi connectivity index (χ1v) is 4.27. The lowest BCUT2D eigenvalue weighted by atomic mass is 10.6. The van der Waals surface area contributed by atoms with Gasteiger partial charge in [-0.2, -0.15) is 0 Å². The molecule has 0 bridgehead atoms. The van der Waals surface area contributed by atoms with Crippen LogP contribution in [-0.4, -0.2) is 4.41 Å². The average molecular weight is 146 g/mol. The molecule has 0 fully saturated rings. The molecular formula is C4H6N2S2. The normalized spacial score (nSPS) is 26.6. The zero-order chi connectivity index (χ0) is 5.98. The summed E-state index contributed by atoms with van der Waals surface area (Å²) < 4.78 is 1.51. The van der Waals surface area contributed by atoms with Gasteiger partial charge < -0.3 is 0 Å². The van der Waals surface area contributed by atoms with E-state index in [1.54, 1.807) is 6.20 Å². The number of hydrazine groups is 1. The summed E-state index contributed by atoms with van der Waals surface area (Å²) >= 11 is 4.90. The van der Waals surface area contributed by atoms with Gasteiger partial charge in [0, 0.05) is 15.8 Å². The molecule has 44 valence electrons.